The van der Waals surface area contributed by atoms with Gasteiger partial charge in [-0.15, -0.1) is 17.2 Å². The van der Waals surface area contributed by atoms with Gasteiger partial charge in [0.15, 0.2) is 0 Å². The van der Waals surface area contributed by atoms with Crippen LogP contribution < -0.4 is 46.0 Å². The standard InChI is InChI=1S/3C7H5NO5.Tb/c3*9-3-1-4(6(10)11)8-5(2-3)7(12)13;/h3*1-2H,(H,8,9)(H,10,11)(H,12,13);/q;;;+3/p-9. The molecule has 0 saturated carbocycles. The molecule has 0 N–H and O–H groups in total. The molecule has 18 nitrogen and oxygen atoms in total. The van der Waals surface area contributed by atoms with Gasteiger partial charge in [-0.1, -0.05) is 0 Å². The van der Waals surface area contributed by atoms with Gasteiger partial charge >= 0.3 is 38.6 Å². The number of carbonyl (C=O) groups is 6. The summed E-state index contributed by atoms with van der Waals surface area (Å²) in [6.45, 7) is 0. The normalized spacial score (nSPS) is 9.30. The number of hydrogen-bond donors (Lipinski definition) is 0. The van der Waals surface area contributed by atoms with E-state index in [-0.39, 0.29) is 38.6 Å². The molecule has 3 aromatic heterocycles. The summed E-state index contributed by atoms with van der Waals surface area (Å²) in [6.07, 6.45) is 0. The Labute approximate surface area is 250 Å². The van der Waals surface area contributed by atoms with Crippen molar-refractivity contribution in [2.45, 2.75) is 0 Å². The maximum absolute atomic E-state index is 10.7. The third-order valence-electron chi connectivity index (χ3n) is 3.65. The van der Waals surface area contributed by atoms with Crippen LogP contribution in [0, 0.1) is 38.6 Å². The van der Waals surface area contributed by atoms with E-state index in [4.69, 9.17) is 0 Å². The molecule has 40 heavy (non-hydrogen) atoms. The zero-order valence-electron chi connectivity index (χ0n) is 18.8. The van der Waals surface area contributed by atoms with Gasteiger partial charge < -0.3 is 74.7 Å². The number of aromatic nitrogens is 3. The van der Waals surface area contributed by atoms with Gasteiger partial charge in [-0.05, 0) is 36.4 Å². The van der Waals surface area contributed by atoms with Crippen LogP contribution in [0.1, 0.15) is 62.9 Å². The molecule has 210 valence electrons. The van der Waals surface area contributed by atoms with E-state index in [0.29, 0.717) is 36.4 Å². The summed E-state index contributed by atoms with van der Waals surface area (Å²) in [5.74, 6) is -12.6. The van der Waals surface area contributed by atoms with Crippen LogP contribution in [-0.2, 0) is 0 Å². The molecule has 0 aliphatic heterocycles. The number of carbonyl (C=O) groups excluding carboxylic acids is 6. The molecule has 0 fully saturated rings. The summed E-state index contributed by atoms with van der Waals surface area (Å²) in [5.41, 5.74) is -4.30. The fraction of sp³-hybridized carbons (Fsp3) is 0. The van der Waals surface area contributed by atoms with E-state index in [2.05, 4.69) is 15.0 Å². The van der Waals surface area contributed by atoms with Crippen LogP contribution in [0.25, 0.3) is 0 Å². The summed E-state index contributed by atoms with van der Waals surface area (Å²) in [5, 5.41) is 93.3. The van der Waals surface area contributed by atoms with Crippen molar-refractivity contribution in [2.24, 2.45) is 0 Å². The Kier molecular flexibility index (Phi) is 13.4. The molecule has 3 aromatic rings. The average molecular weight is 699 g/mol. The van der Waals surface area contributed by atoms with Crippen LogP contribution in [0.5, 0.6) is 17.2 Å². The molecule has 0 aromatic carbocycles. The first kappa shape index (κ1) is 35.0. The van der Waals surface area contributed by atoms with Gasteiger partial charge in [0, 0.05) is 0 Å². The Bertz CT molecular complexity index is 1200. The summed E-state index contributed by atoms with van der Waals surface area (Å²) in [7, 11) is 0. The van der Waals surface area contributed by atoms with E-state index < -0.39 is 87.2 Å². The molecule has 0 atom stereocenters. The van der Waals surface area contributed by atoms with Crippen molar-refractivity contribution in [2.75, 3.05) is 0 Å². The molecular weight excluding hydrogens is 693 g/mol. The van der Waals surface area contributed by atoms with Gasteiger partial charge in [-0.3, -0.25) is 0 Å². The Morgan fingerprint density at radius 2 is 0.500 bits per heavy atom. The van der Waals surface area contributed by atoms with Gasteiger partial charge in [0.1, 0.15) is 0 Å². The molecule has 19 heteroatoms. The first-order valence-corrected chi connectivity index (χ1v) is 9.37. The summed E-state index contributed by atoms with van der Waals surface area (Å²) < 4.78 is 0. The molecule has 0 aliphatic carbocycles. The Hall–Kier alpha value is -5.04. The molecule has 0 spiro atoms. The zero-order valence-corrected chi connectivity index (χ0v) is 20.9. The van der Waals surface area contributed by atoms with Crippen molar-refractivity contribution >= 4 is 35.8 Å². The fourth-order valence-corrected chi connectivity index (χ4v) is 2.14. The Morgan fingerprint density at radius 1 is 0.375 bits per heavy atom. The van der Waals surface area contributed by atoms with E-state index in [1.165, 1.54) is 0 Å². The predicted molar refractivity (Wildman–Crippen MR) is 97.0 cm³/mol. The number of carboxylic acid groups (broad SMARTS) is 6. The SMILES string of the molecule is O=C([O-])c1cc([O-])cc(C(=O)[O-])n1.O=C([O-])c1cc([O-])cc(C(=O)[O-])n1.O=C([O-])c1cc([O-])cc(C(=O)[O-])n1.[Tb+3]. The summed E-state index contributed by atoms with van der Waals surface area (Å²) in [6, 6.07) is 4.01. The number of hydrogen-bond acceptors (Lipinski definition) is 18. The topological polar surface area (TPSA) is 349 Å². The van der Waals surface area contributed by atoms with Gasteiger partial charge in [0.2, 0.25) is 0 Å². The monoisotopic (exact) mass is 699 g/mol. The molecule has 0 radical (unpaired) electrons. The van der Waals surface area contributed by atoms with E-state index in [1.807, 2.05) is 0 Å². The van der Waals surface area contributed by atoms with E-state index in [1.54, 1.807) is 0 Å². The van der Waals surface area contributed by atoms with Crippen LogP contribution in [0.3, 0.4) is 0 Å². The molecule has 3 heterocycles. The van der Waals surface area contributed by atoms with Crippen molar-refractivity contribution in [3.8, 4) is 17.2 Å². The van der Waals surface area contributed by atoms with Gasteiger partial charge in [0.25, 0.3) is 0 Å². The minimum atomic E-state index is -1.71. The molecule has 0 saturated heterocycles. The van der Waals surface area contributed by atoms with Gasteiger partial charge in [-0.2, -0.15) is 0 Å². The third-order valence-corrected chi connectivity index (χ3v) is 3.65. The maximum Gasteiger partial charge on any atom is 3.00 e. The van der Waals surface area contributed by atoms with Crippen molar-refractivity contribution in [3.63, 3.8) is 0 Å². The largest absolute Gasteiger partial charge is 3.00 e. The van der Waals surface area contributed by atoms with Crippen molar-refractivity contribution < 1.29 is 113 Å². The molecule has 3 rings (SSSR count). The number of pyridine rings is 3. The predicted octanol–water partition coefficient (Wildman–Crippen LogP) is -9.35. The first-order valence-electron chi connectivity index (χ1n) is 9.37. The van der Waals surface area contributed by atoms with Crippen molar-refractivity contribution in [1.82, 2.24) is 15.0 Å². The quantitative estimate of drug-likeness (QED) is 0.230. The number of rotatable bonds is 6. The first-order chi connectivity index (χ1) is 18.0. The average Bonchev–Trinajstić information content (AvgIpc) is 2.83. The van der Waals surface area contributed by atoms with Gasteiger partial charge in [0.05, 0.1) is 70.0 Å². The minimum Gasteiger partial charge on any atom is -0.872 e. The van der Waals surface area contributed by atoms with E-state index in [0.717, 1.165) is 0 Å². The molecule has 0 bridgehead atoms. The molecule has 0 amide bonds. The second kappa shape index (κ2) is 15.4. The van der Waals surface area contributed by atoms with Crippen LogP contribution in [0.4, 0.5) is 0 Å². The van der Waals surface area contributed by atoms with E-state index in [9.17, 15) is 74.7 Å². The van der Waals surface area contributed by atoms with Gasteiger partial charge in [-0.25, -0.2) is 15.0 Å². The van der Waals surface area contributed by atoms with E-state index >= 15 is 0 Å². The Balaban J connectivity index is 0.000000563. The molecular formula is C21H6N3O15Tb-6. The Morgan fingerprint density at radius 3 is 0.600 bits per heavy atom. The molecule has 0 unspecified atom stereocenters. The fourth-order valence-electron chi connectivity index (χ4n) is 2.14. The van der Waals surface area contributed by atoms with Crippen LogP contribution in [0.15, 0.2) is 36.4 Å². The number of nitrogens with zero attached hydrogens (tertiary/aromatic N) is 3. The molecule has 0 aliphatic rings. The van der Waals surface area contributed by atoms with Crippen molar-refractivity contribution in [1.29, 1.82) is 0 Å². The third kappa shape index (κ3) is 11.1. The van der Waals surface area contributed by atoms with Crippen LogP contribution in [-0.4, -0.2) is 50.8 Å². The van der Waals surface area contributed by atoms with Crippen LogP contribution in [0.2, 0.25) is 0 Å². The second-order valence-corrected chi connectivity index (χ2v) is 6.44. The second-order valence-electron chi connectivity index (χ2n) is 6.44. The number of aromatic carboxylic acids is 6. The summed E-state index contributed by atoms with van der Waals surface area (Å²) in [4.78, 5) is 70.5. The van der Waals surface area contributed by atoms with Crippen LogP contribution >= 0.6 is 0 Å². The van der Waals surface area contributed by atoms with Crippen molar-refractivity contribution in [3.05, 3.63) is 70.6 Å². The summed E-state index contributed by atoms with van der Waals surface area (Å²) >= 11 is 0. The maximum atomic E-state index is 10.7. The zero-order chi connectivity index (χ0) is 30.0. The minimum absolute atomic E-state index is 0. The smallest absolute Gasteiger partial charge is 0.872 e. The number of carboxylic acids is 6.